The molecule has 3 amide bonds. The molecule has 3 rings (SSSR count). The Kier molecular flexibility index (Phi) is 8.07. The van der Waals surface area contributed by atoms with Gasteiger partial charge in [-0.1, -0.05) is 19.9 Å². The molecule has 178 valence electrons. The molecule has 0 aliphatic carbocycles. The average molecular weight is 479 g/mol. The Morgan fingerprint density at radius 2 is 1.97 bits per heavy atom. The number of halogens is 2. The van der Waals surface area contributed by atoms with E-state index >= 15 is 0 Å². The highest BCUT2D eigenvalue weighted by atomic mass is 35.5. The van der Waals surface area contributed by atoms with E-state index in [0.29, 0.717) is 24.9 Å². The van der Waals surface area contributed by atoms with Gasteiger partial charge in [-0.05, 0) is 43.4 Å². The molecule has 2 aromatic rings. The molecule has 1 aliphatic rings. The van der Waals surface area contributed by atoms with Crippen molar-refractivity contribution in [2.75, 3.05) is 12.4 Å². The van der Waals surface area contributed by atoms with Crippen LogP contribution in [0.2, 0.25) is 0 Å². The van der Waals surface area contributed by atoms with Crippen molar-refractivity contribution in [2.24, 2.45) is 11.8 Å². The molecule has 1 fully saturated rings. The fourth-order valence-corrected chi connectivity index (χ4v) is 4.16. The van der Waals surface area contributed by atoms with E-state index in [1.54, 1.807) is 6.07 Å². The summed E-state index contributed by atoms with van der Waals surface area (Å²) in [5.41, 5.74) is 0.584. The first-order valence-corrected chi connectivity index (χ1v) is 11.5. The van der Waals surface area contributed by atoms with Gasteiger partial charge in [0.1, 0.15) is 17.6 Å². The lowest BCUT2D eigenvalue weighted by Crippen LogP contribution is -2.53. The highest BCUT2D eigenvalue weighted by Gasteiger charge is 2.33. The Morgan fingerprint density at radius 3 is 2.58 bits per heavy atom. The first-order chi connectivity index (χ1) is 15.7. The third-order valence-corrected chi connectivity index (χ3v) is 5.97. The summed E-state index contributed by atoms with van der Waals surface area (Å²) < 4.78 is 14.0. The number of hydrogen-bond donors (Lipinski definition) is 4. The Labute approximate surface area is 196 Å². The molecule has 8 nitrogen and oxygen atoms in total. The molecule has 10 heteroatoms. The Hall–Kier alpha value is -2.94. The number of hydrogen-bond acceptors (Lipinski definition) is 4. The topological polar surface area (TPSA) is 120 Å². The zero-order chi connectivity index (χ0) is 24.1. The molecular weight excluding hydrogens is 451 g/mol. The number of Topliss-reactive ketones (excluding diaryl/α,β-unsaturated/α-hetero) is 1. The number of rotatable bonds is 10. The molecule has 0 saturated carbocycles. The Bertz CT molecular complexity index is 1050. The number of nitrogens with one attached hydrogen (secondary N) is 4. The highest BCUT2D eigenvalue weighted by molar-refractivity contribution is 6.28. The van der Waals surface area contributed by atoms with Gasteiger partial charge in [0.25, 0.3) is 5.91 Å². The maximum Gasteiger partial charge on any atom is 0.268 e. The van der Waals surface area contributed by atoms with Crippen LogP contribution in [-0.4, -0.2) is 53.0 Å². The molecule has 1 aromatic heterocycles. The second-order valence-corrected chi connectivity index (χ2v) is 8.98. The quantitative estimate of drug-likeness (QED) is 0.391. The van der Waals surface area contributed by atoms with Crippen LogP contribution in [0.1, 0.15) is 43.6 Å². The minimum atomic E-state index is -0.934. The summed E-state index contributed by atoms with van der Waals surface area (Å²) in [6, 6.07) is 4.00. The van der Waals surface area contributed by atoms with Gasteiger partial charge < -0.3 is 20.9 Å². The fourth-order valence-electron chi connectivity index (χ4n) is 3.97. The molecule has 1 saturated heterocycles. The number of aromatic nitrogens is 1. The zero-order valence-corrected chi connectivity index (χ0v) is 19.3. The standard InChI is InChI=1S/C23H28ClFN4O4/c1-12(2)8-18(29-23(33)19-10-14-15(25)4-3-5-16(14)27-19)22(32)28-17(20(30)11-24)9-13-6-7-26-21(13)31/h3-5,10,12-13,17-18,27H,6-9,11H2,1-2H3,(H,26,31)(H,28,32)(H,29,33)/t13-,17-,18-/m0/s1. The van der Waals surface area contributed by atoms with Crippen LogP contribution in [0.25, 0.3) is 10.9 Å². The van der Waals surface area contributed by atoms with Gasteiger partial charge in [0.15, 0.2) is 5.78 Å². The smallest absolute Gasteiger partial charge is 0.268 e. The van der Waals surface area contributed by atoms with Crippen molar-refractivity contribution in [3.05, 3.63) is 35.8 Å². The summed E-state index contributed by atoms with van der Waals surface area (Å²) in [7, 11) is 0. The van der Waals surface area contributed by atoms with Gasteiger partial charge >= 0.3 is 0 Å². The predicted molar refractivity (Wildman–Crippen MR) is 122 cm³/mol. The summed E-state index contributed by atoms with van der Waals surface area (Å²) in [6.07, 6.45) is 1.04. The van der Waals surface area contributed by atoms with Crippen LogP contribution in [0.4, 0.5) is 4.39 Å². The predicted octanol–water partition coefficient (Wildman–Crippen LogP) is 2.27. The second kappa shape index (κ2) is 10.8. The number of H-pyrrole nitrogens is 1. The highest BCUT2D eigenvalue weighted by Crippen LogP contribution is 2.20. The number of amides is 3. The minimum Gasteiger partial charge on any atom is -0.356 e. The van der Waals surface area contributed by atoms with E-state index < -0.39 is 35.5 Å². The maximum atomic E-state index is 14.0. The van der Waals surface area contributed by atoms with E-state index in [1.165, 1.54) is 18.2 Å². The number of carbonyl (C=O) groups is 4. The lowest BCUT2D eigenvalue weighted by Gasteiger charge is -2.24. The van der Waals surface area contributed by atoms with E-state index in [-0.39, 0.29) is 41.1 Å². The normalized spacial score (nSPS) is 17.6. The van der Waals surface area contributed by atoms with Crippen LogP contribution in [0.15, 0.2) is 24.3 Å². The van der Waals surface area contributed by atoms with E-state index in [0.717, 1.165) is 0 Å². The van der Waals surface area contributed by atoms with Gasteiger partial charge in [-0.2, -0.15) is 0 Å². The molecule has 0 spiro atoms. The number of carbonyl (C=O) groups excluding carboxylic acids is 4. The van der Waals surface area contributed by atoms with Crippen LogP contribution in [0.5, 0.6) is 0 Å². The van der Waals surface area contributed by atoms with Crippen LogP contribution in [0.3, 0.4) is 0 Å². The molecule has 1 aromatic carbocycles. The third-order valence-electron chi connectivity index (χ3n) is 5.70. The largest absolute Gasteiger partial charge is 0.356 e. The van der Waals surface area contributed by atoms with Crippen molar-refractivity contribution in [3.8, 4) is 0 Å². The van der Waals surface area contributed by atoms with Gasteiger partial charge in [-0.3, -0.25) is 19.2 Å². The Morgan fingerprint density at radius 1 is 1.21 bits per heavy atom. The number of aromatic amines is 1. The molecule has 0 bridgehead atoms. The summed E-state index contributed by atoms with van der Waals surface area (Å²) >= 11 is 5.73. The molecule has 33 heavy (non-hydrogen) atoms. The molecule has 3 atom stereocenters. The van der Waals surface area contributed by atoms with Gasteiger partial charge in [0, 0.05) is 23.4 Å². The van der Waals surface area contributed by atoms with Crippen LogP contribution < -0.4 is 16.0 Å². The first-order valence-electron chi connectivity index (χ1n) is 10.9. The van der Waals surface area contributed by atoms with Gasteiger partial charge in [0.2, 0.25) is 11.8 Å². The van der Waals surface area contributed by atoms with Gasteiger partial charge in [-0.25, -0.2) is 4.39 Å². The van der Waals surface area contributed by atoms with E-state index in [1.807, 2.05) is 13.8 Å². The van der Waals surface area contributed by atoms with Crippen molar-refractivity contribution in [1.29, 1.82) is 0 Å². The number of benzene rings is 1. The summed E-state index contributed by atoms with van der Waals surface area (Å²) in [6.45, 7) is 4.32. The minimum absolute atomic E-state index is 0.0593. The second-order valence-electron chi connectivity index (χ2n) is 8.71. The van der Waals surface area contributed by atoms with Crippen LogP contribution in [-0.2, 0) is 14.4 Å². The SMILES string of the molecule is CC(C)C[C@H](NC(=O)c1cc2c(F)cccc2[nH]1)C(=O)N[C@@H](C[C@@H]1CCNC1=O)C(=O)CCl. The van der Waals surface area contributed by atoms with Crippen molar-refractivity contribution < 1.29 is 23.6 Å². The van der Waals surface area contributed by atoms with Crippen LogP contribution >= 0.6 is 11.6 Å². The molecular formula is C23H28ClFN4O4. The summed E-state index contributed by atoms with van der Waals surface area (Å²) in [4.78, 5) is 53.0. The maximum absolute atomic E-state index is 14.0. The fraction of sp³-hybridized carbons (Fsp3) is 0.478. The van der Waals surface area contributed by atoms with Gasteiger partial charge in [0.05, 0.1) is 11.9 Å². The lowest BCUT2D eigenvalue weighted by molar-refractivity contribution is -0.129. The molecule has 0 unspecified atom stereocenters. The van der Waals surface area contributed by atoms with Crippen molar-refractivity contribution >= 4 is 46.0 Å². The monoisotopic (exact) mass is 478 g/mol. The van der Waals surface area contributed by atoms with Crippen molar-refractivity contribution in [1.82, 2.24) is 20.9 Å². The first kappa shape index (κ1) is 24.7. The molecule has 0 radical (unpaired) electrons. The zero-order valence-electron chi connectivity index (χ0n) is 18.5. The van der Waals surface area contributed by atoms with Gasteiger partial charge in [-0.15, -0.1) is 11.6 Å². The van der Waals surface area contributed by atoms with Crippen molar-refractivity contribution in [2.45, 2.75) is 45.2 Å². The lowest BCUT2D eigenvalue weighted by atomic mass is 9.95. The number of fused-ring (bicyclic) bond motifs is 1. The molecule has 1 aliphatic heterocycles. The molecule has 4 N–H and O–H groups in total. The summed E-state index contributed by atoms with van der Waals surface area (Å²) in [5, 5.41) is 8.34. The van der Waals surface area contributed by atoms with E-state index in [9.17, 15) is 23.6 Å². The van der Waals surface area contributed by atoms with E-state index in [4.69, 9.17) is 11.6 Å². The van der Waals surface area contributed by atoms with Crippen LogP contribution in [0, 0.1) is 17.7 Å². The summed E-state index contributed by atoms with van der Waals surface area (Å²) in [5.74, 6) is -2.76. The Balaban J connectivity index is 1.74. The van der Waals surface area contributed by atoms with E-state index in [2.05, 4.69) is 20.9 Å². The molecule has 2 heterocycles. The number of ketones is 1. The number of alkyl halides is 1. The van der Waals surface area contributed by atoms with Crippen molar-refractivity contribution in [3.63, 3.8) is 0 Å². The third kappa shape index (κ3) is 6.10. The average Bonchev–Trinajstić information content (AvgIpc) is 3.39.